The molecule has 0 bridgehead atoms. The average Bonchev–Trinajstić information content (AvgIpc) is 2.64. The Morgan fingerprint density at radius 1 is 1.15 bits per heavy atom. The molecule has 26 heavy (non-hydrogen) atoms. The third-order valence-electron chi connectivity index (χ3n) is 4.83. The number of halogens is 1. The Morgan fingerprint density at radius 3 is 2.77 bits per heavy atom. The Kier molecular flexibility index (Phi) is 4.51. The summed E-state index contributed by atoms with van der Waals surface area (Å²) >= 11 is 0. The first-order valence-corrected chi connectivity index (χ1v) is 8.88. The third kappa shape index (κ3) is 3.37. The Labute approximate surface area is 151 Å². The van der Waals surface area contributed by atoms with E-state index in [0.29, 0.717) is 29.4 Å². The number of aromatic nitrogens is 2. The topological polar surface area (TPSA) is 70.9 Å². The normalized spacial score (nSPS) is 17.6. The predicted molar refractivity (Wildman–Crippen MR) is 99.0 cm³/mol. The van der Waals surface area contributed by atoms with Crippen LogP contribution in [0.15, 0.2) is 30.3 Å². The van der Waals surface area contributed by atoms with Crippen molar-refractivity contribution in [2.24, 2.45) is 0 Å². The standard InChI is InChI=1S/C20H21FN4O/c1-12-10-19(25-20(23-12)13-6-8-26-9-7-13)24-18-5-4-17(22)15-3-2-14(21)11-16(15)18/h2-3,5,10-11,13,22H,4,6-9H2,1H3,(H,23,24,25). The second-order valence-corrected chi connectivity index (χ2v) is 6.75. The van der Waals surface area contributed by atoms with Crippen LogP contribution in [0.1, 0.15) is 47.8 Å². The molecule has 0 radical (unpaired) electrons. The van der Waals surface area contributed by atoms with Gasteiger partial charge in [-0.2, -0.15) is 0 Å². The fourth-order valence-corrected chi connectivity index (χ4v) is 3.48. The zero-order valence-corrected chi connectivity index (χ0v) is 14.7. The van der Waals surface area contributed by atoms with Crippen molar-refractivity contribution in [2.45, 2.75) is 32.1 Å². The maximum Gasteiger partial charge on any atom is 0.134 e. The van der Waals surface area contributed by atoms with Crippen LogP contribution in [0.25, 0.3) is 5.70 Å². The van der Waals surface area contributed by atoms with Gasteiger partial charge in [0.2, 0.25) is 0 Å². The van der Waals surface area contributed by atoms with E-state index in [2.05, 4.69) is 10.3 Å². The van der Waals surface area contributed by atoms with Crippen molar-refractivity contribution in [2.75, 3.05) is 18.5 Å². The summed E-state index contributed by atoms with van der Waals surface area (Å²) in [5.41, 5.74) is 3.63. The first-order chi connectivity index (χ1) is 12.6. The minimum Gasteiger partial charge on any atom is -0.381 e. The Hall–Kier alpha value is -2.60. The largest absolute Gasteiger partial charge is 0.381 e. The molecule has 134 valence electrons. The van der Waals surface area contributed by atoms with Crippen LogP contribution in [-0.2, 0) is 4.74 Å². The number of anilines is 1. The van der Waals surface area contributed by atoms with Crippen LogP contribution in [0.5, 0.6) is 0 Å². The highest BCUT2D eigenvalue weighted by atomic mass is 19.1. The molecule has 1 aromatic heterocycles. The van der Waals surface area contributed by atoms with Gasteiger partial charge in [-0.15, -0.1) is 0 Å². The number of ether oxygens (including phenoxy) is 1. The van der Waals surface area contributed by atoms with Crippen LogP contribution in [-0.4, -0.2) is 28.9 Å². The van der Waals surface area contributed by atoms with Crippen molar-refractivity contribution < 1.29 is 9.13 Å². The van der Waals surface area contributed by atoms with Gasteiger partial charge in [-0.05, 0) is 38.0 Å². The molecule has 0 atom stereocenters. The molecule has 1 aliphatic heterocycles. The molecule has 1 fully saturated rings. The van der Waals surface area contributed by atoms with E-state index in [4.69, 9.17) is 15.1 Å². The average molecular weight is 352 g/mol. The summed E-state index contributed by atoms with van der Waals surface area (Å²) in [6.45, 7) is 3.43. The number of benzene rings is 1. The number of aryl methyl sites for hydroxylation is 1. The molecular weight excluding hydrogens is 331 g/mol. The van der Waals surface area contributed by atoms with Crippen molar-refractivity contribution in [1.29, 1.82) is 5.41 Å². The van der Waals surface area contributed by atoms with Gasteiger partial charge in [-0.1, -0.05) is 6.08 Å². The van der Waals surface area contributed by atoms with Gasteiger partial charge in [0.1, 0.15) is 17.5 Å². The van der Waals surface area contributed by atoms with Gasteiger partial charge >= 0.3 is 0 Å². The Balaban J connectivity index is 1.64. The lowest BCUT2D eigenvalue weighted by atomic mass is 9.93. The molecule has 0 unspecified atom stereocenters. The van der Waals surface area contributed by atoms with Gasteiger partial charge in [0.25, 0.3) is 0 Å². The highest BCUT2D eigenvalue weighted by molar-refractivity contribution is 6.07. The zero-order chi connectivity index (χ0) is 18.1. The van der Waals surface area contributed by atoms with Crippen molar-refractivity contribution >= 4 is 17.2 Å². The maximum absolute atomic E-state index is 13.7. The number of rotatable bonds is 3. The van der Waals surface area contributed by atoms with Crippen LogP contribution in [0.4, 0.5) is 10.2 Å². The molecule has 2 aliphatic rings. The van der Waals surface area contributed by atoms with Crippen LogP contribution in [0, 0.1) is 18.2 Å². The summed E-state index contributed by atoms with van der Waals surface area (Å²) in [4.78, 5) is 9.30. The van der Waals surface area contributed by atoms with Crippen molar-refractivity contribution in [1.82, 2.24) is 9.97 Å². The van der Waals surface area contributed by atoms with E-state index in [0.717, 1.165) is 48.8 Å². The molecule has 2 N–H and O–H groups in total. The van der Waals surface area contributed by atoms with Crippen molar-refractivity contribution in [3.63, 3.8) is 0 Å². The van der Waals surface area contributed by atoms with Gasteiger partial charge in [-0.3, -0.25) is 0 Å². The lowest BCUT2D eigenvalue weighted by Crippen LogP contribution is -2.18. The summed E-state index contributed by atoms with van der Waals surface area (Å²) in [5.74, 6) is 1.53. The smallest absolute Gasteiger partial charge is 0.134 e. The highest BCUT2D eigenvalue weighted by Crippen LogP contribution is 2.30. The van der Waals surface area contributed by atoms with E-state index in [1.165, 1.54) is 12.1 Å². The molecule has 0 saturated carbocycles. The molecular formula is C20H21FN4O. The number of nitrogens with one attached hydrogen (secondary N) is 2. The minimum atomic E-state index is -0.312. The molecule has 6 heteroatoms. The molecule has 1 aliphatic carbocycles. The number of fused-ring (bicyclic) bond motifs is 1. The van der Waals surface area contributed by atoms with E-state index in [-0.39, 0.29) is 5.82 Å². The van der Waals surface area contributed by atoms with Crippen molar-refractivity contribution in [3.05, 3.63) is 58.8 Å². The number of hydrogen-bond acceptors (Lipinski definition) is 5. The molecule has 4 rings (SSSR count). The Bertz CT molecular complexity index is 887. The van der Waals surface area contributed by atoms with Gasteiger partial charge in [0.15, 0.2) is 0 Å². The predicted octanol–water partition coefficient (Wildman–Crippen LogP) is 4.04. The third-order valence-corrected chi connectivity index (χ3v) is 4.83. The lowest BCUT2D eigenvalue weighted by Gasteiger charge is -2.23. The van der Waals surface area contributed by atoms with E-state index in [1.807, 2.05) is 19.1 Å². The van der Waals surface area contributed by atoms with E-state index >= 15 is 0 Å². The molecule has 2 heterocycles. The van der Waals surface area contributed by atoms with Crippen molar-refractivity contribution in [3.8, 4) is 0 Å². The quantitative estimate of drug-likeness (QED) is 0.874. The van der Waals surface area contributed by atoms with Crippen LogP contribution in [0.3, 0.4) is 0 Å². The maximum atomic E-state index is 13.7. The second-order valence-electron chi connectivity index (χ2n) is 6.75. The summed E-state index contributed by atoms with van der Waals surface area (Å²) in [6, 6.07) is 6.42. The van der Waals surface area contributed by atoms with E-state index in [1.54, 1.807) is 6.07 Å². The first kappa shape index (κ1) is 16.8. The van der Waals surface area contributed by atoms with Gasteiger partial charge in [0.05, 0.1) is 0 Å². The van der Waals surface area contributed by atoms with Gasteiger partial charge in [0, 0.05) is 59.8 Å². The van der Waals surface area contributed by atoms with Gasteiger partial charge < -0.3 is 15.5 Å². The molecule has 1 saturated heterocycles. The highest BCUT2D eigenvalue weighted by Gasteiger charge is 2.21. The van der Waals surface area contributed by atoms with Crippen LogP contribution < -0.4 is 5.32 Å². The Morgan fingerprint density at radius 2 is 1.96 bits per heavy atom. The monoisotopic (exact) mass is 352 g/mol. The fraction of sp³-hybridized carbons (Fsp3) is 0.350. The lowest BCUT2D eigenvalue weighted by molar-refractivity contribution is 0.0836. The van der Waals surface area contributed by atoms with Gasteiger partial charge in [-0.25, -0.2) is 14.4 Å². The summed E-state index contributed by atoms with van der Waals surface area (Å²) in [6.07, 6.45) is 4.28. The number of nitrogens with zero attached hydrogens (tertiary/aromatic N) is 2. The summed E-state index contributed by atoms with van der Waals surface area (Å²) in [5, 5.41) is 11.4. The number of allylic oxidation sites excluding steroid dienone is 1. The molecule has 0 amide bonds. The van der Waals surface area contributed by atoms with Crippen LogP contribution >= 0.6 is 0 Å². The molecule has 1 aromatic carbocycles. The molecule has 2 aromatic rings. The number of hydrogen-bond donors (Lipinski definition) is 2. The first-order valence-electron chi connectivity index (χ1n) is 8.88. The summed E-state index contributed by atoms with van der Waals surface area (Å²) in [7, 11) is 0. The molecule has 0 spiro atoms. The minimum absolute atomic E-state index is 0.308. The fourth-order valence-electron chi connectivity index (χ4n) is 3.48. The van der Waals surface area contributed by atoms with E-state index in [9.17, 15) is 4.39 Å². The zero-order valence-electron chi connectivity index (χ0n) is 14.7. The molecule has 5 nitrogen and oxygen atoms in total. The van der Waals surface area contributed by atoms with Crippen LogP contribution in [0.2, 0.25) is 0 Å². The second kappa shape index (κ2) is 6.96. The summed E-state index contributed by atoms with van der Waals surface area (Å²) < 4.78 is 19.2. The van der Waals surface area contributed by atoms with E-state index < -0.39 is 0 Å². The SMILES string of the molecule is Cc1cc(NC2=CCC(=N)c3ccc(F)cc32)nc(C2CCOCC2)n1.